The summed E-state index contributed by atoms with van der Waals surface area (Å²) >= 11 is 0. The summed E-state index contributed by atoms with van der Waals surface area (Å²) in [5.74, 6) is 2.77. The van der Waals surface area contributed by atoms with E-state index in [2.05, 4.69) is 77.4 Å². The highest BCUT2D eigenvalue weighted by Crippen LogP contribution is 2.77. The van der Waals surface area contributed by atoms with Crippen LogP contribution in [0, 0.1) is 56.7 Å². The SMILES string of the molecule is C=C(C)[C@@H]1CC[C@]2(/C=C/N=C=O)CC[C@]3(C)[C@H](CC[C@@H]4[C@@]5(C)CC=C(c6ccc(C(=O)OC(C)(C)C)cc6)C(C)(C)[C@@H]5CC[C@]43C)[C@@H]12. The first kappa shape index (κ1) is 34.2. The van der Waals surface area contributed by atoms with Gasteiger partial charge in [0, 0.05) is 6.20 Å². The lowest BCUT2D eigenvalue weighted by atomic mass is 9.32. The molecule has 0 heterocycles. The molecule has 0 unspecified atom stereocenters. The third-order valence-corrected chi connectivity index (χ3v) is 15.1. The molecule has 1 aromatic carbocycles. The second-order valence-corrected chi connectivity index (χ2v) is 18.6. The normalized spacial score (nSPS) is 40.6. The fourth-order valence-corrected chi connectivity index (χ4v) is 12.9. The van der Waals surface area contributed by atoms with Gasteiger partial charge in [0.05, 0.1) is 5.56 Å². The monoisotopic (exact) mass is 637 g/mol. The molecule has 4 heteroatoms. The van der Waals surface area contributed by atoms with Gasteiger partial charge in [-0.2, -0.15) is 4.99 Å². The van der Waals surface area contributed by atoms with Crippen molar-refractivity contribution in [2.75, 3.05) is 0 Å². The van der Waals surface area contributed by atoms with Crippen molar-refractivity contribution in [2.45, 2.75) is 126 Å². The molecule has 254 valence electrons. The highest BCUT2D eigenvalue weighted by molar-refractivity contribution is 5.90. The average molecular weight is 638 g/mol. The summed E-state index contributed by atoms with van der Waals surface area (Å²) in [4.78, 5) is 27.6. The van der Waals surface area contributed by atoms with Crippen LogP contribution in [0.1, 0.15) is 136 Å². The van der Waals surface area contributed by atoms with Gasteiger partial charge in [-0.15, -0.1) is 0 Å². The lowest BCUT2D eigenvalue weighted by molar-refractivity contribution is -0.221. The van der Waals surface area contributed by atoms with E-state index in [4.69, 9.17) is 4.74 Å². The van der Waals surface area contributed by atoms with Crippen molar-refractivity contribution in [2.24, 2.45) is 61.7 Å². The third kappa shape index (κ3) is 5.19. The van der Waals surface area contributed by atoms with Crippen molar-refractivity contribution >= 4 is 17.6 Å². The zero-order valence-electron chi connectivity index (χ0n) is 30.7. The van der Waals surface area contributed by atoms with Gasteiger partial charge < -0.3 is 4.74 Å². The topological polar surface area (TPSA) is 55.7 Å². The fourth-order valence-electron chi connectivity index (χ4n) is 12.9. The molecule has 5 aliphatic rings. The summed E-state index contributed by atoms with van der Waals surface area (Å²) in [5, 5.41) is 0. The number of hydrogen-bond donors (Lipinski definition) is 0. The first-order chi connectivity index (χ1) is 21.9. The van der Waals surface area contributed by atoms with Crippen molar-refractivity contribution in [3.05, 3.63) is 65.9 Å². The molecule has 0 spiro atoms. The van der Waals surface area contributed by atoms with E-state index >= 15 is 0 Å². The van der Waals surface area contributed by atoms with E-state index in [0.717, 1.165) is 6.42 Å². The predicted molar refractivity (Wildman–Crippen MR) is 191 cm³/mol. The summed E-state index contributed by atoms with van der Waals surface area (Å²) in [5.41, 5.74) is 5.03. The van der Waals surface area contributed by atoms with Crippen LogP contribution in [-0.4, -0.2) is 17.7 Å². The van der Waals surface area contributed by atoms with Gasteiger partial charge in [-0.05, 0) is 165 Å². The first-order valence-corrected chi connectivity index (χ1v) is 18.4. The van der Waals surface area contributed by atoms with Crippen LogP contribution in [0.25, 0.3) is 5.57 Å². The van der Waals surface area contributed by atoms with Crippen LogP contribution in [0.3, 0.4) is 0 Å². The maximum Gasteiger partial charge on any atom is 0.338 e. The highest BCUT2D eigenvalue weighted by atomic mass is 16.6. The number of allylic oxidation sites excluding steroid dienone is 4. The molecule has 0 amide bonds. The van der Waals surface area contributed by atoms with Crippen LogP contribution in [0.2, 0.25) is 0 Å². The molecular formula is C43H59NO3. The number of isocyanates is 1. The van der Waals surface area contributed by atoms with E-state index in [0.29, 0.717) is 35.2 Å². The van der Waals surface area contributed by atoms with Crippen molar-refractivity contribution in [1.82, 2.24) is 0 Å². The minimum Gasteiger partial charge on any atom is -0.456 e. The number of rotatable bonds is 5. The summed E-state index contributed by atoms with van der Waals surface area (Å²) in [6.07, 6.45) is 19.4. The van der Waals surface area contributed by atoms with Gasteiger partial charge in [0.25, 0.3) is 0 Å². The maximum absolute atomic E-state index is 12.7. The van der Waals surface area contributed by atoms with Crippen LogP contribution >= 0.6 is 0 Å². The number of fused-ring (bicyclic) bond motifs is 7. The molecule has 4 nitrogen and oxygen atoms in total. The Morgan fingerprint density at radius 1 is 0.936 bits per heavy atom. The van der Waals surface area contributed by atoms with Crippen LogP contribution in [0.5, 0.6) is 0 Å². The van der Waals surface area contributed by atoms with Crippen molar-refractivity contribution in [1.29, 1.82) is 0 Å². The number of benzene rings is 1. The van der Waals surface area contributed by atoms with Crippen LogP contribution in [-0.2, 0) is 9.53 Å². The zero-order chi connectivity index (χ0) is 34.2. The van der Waals surface area contributed by atoms with Gasteiger partial charge in [-0.3, -0.25) is 0 Å². The molecule has 47 heavy (non-hydrogen) atoms. The van der Waals surface area contributed by atoms with Gasteiger partial charge in [0.15, 0.2) is 0 Å². The van der Waals surface area contributed by atoms with Gasteiger partial charge in [0.1, 0.15) is 5.60 Å². The number of carbonyl (C=O) groups excluding carboxylic acids is 2. The van der Waals surface area contributed by atoms with Crippen molar-refractivity contribution in [3.8, 4) is 0 Å². The van der Waals surface area contributed by atoms with Gasteiger partial charge in [-0.25, -0.2) is 9.59 Å². The number of aliphatic imine (C=N–C) groups is 1. The Morgan fingerprint density at radius 2 is 1.64 bits per heavy atom. The van der Waals surface area contributed by atoms with E-state index in [1.807, 2.05) is 32.9 Å². The van der Waals surface area contributed by atoms with Gasteiger partial charge in [-0.1, -0.05) is 71.1 Å². The molecule has 0 saturated heterocycles. The van der Waals surface area contributed by atoms with E-state index in [9.17, 15) is 9.59 Å². The number of esters is 1. The Hall–Kier alpha value is -2.71. The van der Waals surface area contributed by atoms with Crippen LogP contribution in [0.4, 0.5) is 0 Å². The molecule has 9 atom stereocenters. The number of ether oxygens (including phenoxy) is 1. The second-order valence-electron chi connectivity index (χ2n) is 18.6. The number of carbonyl (C=O) groups is 1. The molecular weight excluding hydrogens is 578 g/mol. The molecule has 0 radical (unpaired) electrons. The summed E-state index contributed by atoms with van der Waals surface area (Å²) in [7, 11) is 0. The van der Waals surface area contributed by atoms with E-state index < -0.39 is 5.60 Å². The van der Waals surface area contributed by atoms with Gasteiger partial charge >= 0.3 is 5.97 Å². The first-order valence-electron chi connectivity index (χ1n) is 18.4. The maximum atomic E-state index is 12.7. The molecule has 4 saturated carbocycles. The summed E-state index contributed by atoms with van der Waals surface area (Å²) in [6, 6.07) is 8.16. The van der Waals surface area contributed by atoms with E-state index in [-0.39, 0.29) is 33.0 Å². The van der Waals surface area contributed by atoms with E-state index in [1.54, 1.807) is 12.3 Å². The molecule has 6 rings (SSSR count). The Morgan fingerprint density at radius 3 is 2.28 bits per heavy atom. The van der Waals surface area contributed by atoms with Crippen LogP contribution in [0.15, 0.2) is 59.8 Å². The minimum atomic E-state index is -0.507. The van der Waals surface area contributed by atoms with Crippen molar-refractivity contribution in [3.63, 3.8) is 0 Å². The average Bonchev–Trinajstić information content (AvgIpc) is 3.37. The Labute approximate surface area is 284 Å². The second kappa shape index (κ2) is 11.4. The fraction of sp³-hybridized carbons (Fsp3) is 0.674. The molecule has 4 fully saturated rings. The van der Waals surface area contributed by atoms with Gasteiger partial charge in [0.2, 0.25) is 6.08 Å². The van der Waals surface area contributed by atoms with Crippen molar-refractivity contribution < 1.29 is 14.3 Å². The predicted octanol–water partition coefficient (Wildman–Crippen LogP) is 11.1. The third-order valence-electron chi connectivity index (χ3n) is 15.1. The summed E-state index contributed by atoms with van der Waals surface area (Å²) in [6.45, 7) is 25.5. The molecule has 5 aliphatic carbocycles. The molecule has 0 aromatic heterocycles. The lowest BCUT2D eigenvalue weighted by Crippen LogP contribution is -2.65. The number of nitrogens with zero attached hydrogens (tertiary/aromatic N) is 1. The zero-order valence-corrected chi connectivity index (χ0v) is 30.7. The number of hydrogen-bond acceptors (Lipinski definition) is 4. The summed E-state index contributed by atoms with van der Waals surface area (Å²) < 4.78 is 5.63. The minimum absolute atomic E-state index is 0.0294. The molecule has 0 aliphatic heterocycles. The highest BCUT2D eigenvalue weighted by Gasteiger charge is 2.70. The lowest BCUT2D eigenvalue weighted by Gasteiger charge is -2.72. The molecule has 0 bridgehead atoms. The van der Waals surface area contributed by atoms with Crippen LogP contribution < -0.4 is 0 Å². The quantitative estimate of drug-likeness (QED) is 0.140. The standard InChI is InChI=1S/C43H59NO3/c1-28(2)31-17-22-43(25-26-44-27-45)24-23-41(9)33(36(31)43)15-16-35-40(8)20-18-32(39(6,7)34(40)19-21-42(35,41)10)29-11-13-30(14-12-29)37(46)47-38(3,4)5/h11-14,18,25-26,31,33-36H,1,15-17,19-24H2,2-10H3/b26-25+/t31-,33+,34-,35+,36+,40-,41+,42+,43+/m0/s1. The molecule has 0 N–H and O–H groups in total. The smallest absolute Gasteiger partial charge is 0.338 e. The van der Waals surface area contributed by atoms with E-state index in [1.165, 1.54) is 68.1 Å². The Bertz CT molecular complexity index is 1540. The Kier molecular flexibility index (Phi) is 8.31. The largest absolute Gasteiger partial charge is 0.456 e. The molecule has 1 aromatic rings. The Balaban J connectivity index is 1.31.